The number of thiazole rings is 1. The smallest absolute Gasteiger partial charge is 0.233 e. The lowest BCUT2D eigenvalue weighted by Crippen LogP contribution is -2.52. The minimum atomic E-state index is -0.816. The third-order valence-electron chi connectivity index (χ3n) is 3.15. The molecule has 0 bridgehead atoms. The molecule has 100 valence electrons. The lowest BCUT2D eigenvalue weighted by molar-refractivity contribution is -0.128. The zero-order valence-electron chi connectivity index (χ0n) is 11.1. The molecular weight excluding hydrogens is 266 g/mol. The minimum Gasteiger partial charge on any atom is -0.392 e. The fourth-order valence-electron chi connectivity index (χ4n) is 1.45. The zero-order chi connectivity index (χ0) is 14.0. The van der Waals surface area contributed by atoms with Crippen molar-refractivity contribution in [2.75, 3.05) is 0 Å². The molecule has 3 N–H and O–H groups in total. The number of rotatable bonds is 5. The Balaban J connectivity index is 2.91. The molecule has 0 saturated carbocycles. The Hall–Kier alpha value is -1.01. The van der Waals surface area contributed by atoms with E-state index in [9.17, 15) is 4.79 Å². The van der Waals surface area contributed by atoms with Crippen molar-refractivity contribution < 1.29 is 4.79 Å². The Kier molecular flexibility index (Phi) is 4.45. The summed E-state index contributed by atoms with van der Waals surface area (Å²) in [6, 6.07) is 0. The quantitative estimate of drug-likeness (QED) is 0.814. The monoisotopic (exact) mass is 285 g/mol. The maximum Gasteiger partial charge on any atom is 0.233 e. The molecule has 0 aliphatic carbocycles. The second-order valence-corrected chi connectivity index (χ2v) is 6.30. The first-order valence-electron chi connectivity index (χ1n) is 5.76. The van der Waals surface area contributed by atoms with E-state index in [0.29, 0.717) is 6.42 Å². The number of nitrogens with one attached hydrogen (secondary N) is 1. The van der Waals surface area contributed by atoms with Gasteiger partial charge < -0.3 is 11.1 Å². The summed E-state index contributed by atoms with van der Waals surface area (Å²) in [6.45, 7) is 7.50. The van der Waals surface area contributed by atoms with Gasteiger partial charge in [-0.25, -0.2) is 4.98 Å². The number of nitrogens with two attached hydrogens (primary N) is 1. The second-order valence-electron chi connectivity index (χ2n) is 4.97. The van der Waals surface area contributed by atoms with Gasteiger partial charge in [0.1, 0.15) is 5.01 Å². The molecule has 0 spiro atoms. The molecule has 0 aliphatic rings. The number of aromatic nitrogens is 1. The van der Waals surface area contributed by atoms with Crippen LogP contribution in [0.25, 0.3) is 0 Å². The van der Waals surface area contributed by atoms with E-state index in [4.69, 9.17) is 18.0 Å². The van der Waals surface area contributed by atoms with Crippen LogP contribution in [0.2, 0.25) is 0 Å². The second kappa shape index (κ2) is 5.32. The van der Waals surface area contributed by atoms with Crippen LogP contribution in [0.4, 0.5) is 0 Å². The van der Waals surface area contributed by atoms with Gasteiger partial charge in [-0.05, 0) is 27.2 Å². The summed E-state index contributed by atoms with van der Waals surface area (Å²) in [6.07, 6.45) is 2.29. The molecule has 1 rings (SSSR count). The maximum absolute atomic E-state index is 12.3. The lowest BCUT2D eigenvalue weighted by Gasteiger charge is -2.31. The fraction of sp³-hybridized carbons (Fsp3) is 0.583. The molecule has 1 aromatic heterocycles. The van der Waals surface area contributed by atoms with Crippen molar-refractivity contribution in [3.63, 3.8) is 0 Å². The SMILES string of the molecule is CCC(C)(C(=O)NC(C)(C)c1nccs1)C(N)=S. The highest BCUT2D eigenvalue weighted by molar-refractivity contribution is 7.80. The number of thiocarbonyl (C=S) groups is 1. The maximum atomic E-state index is 12.3. The molecule has 0 aromatic carbocycles. The molecular formula is C12H19N3OS2. The normalized spacial score (nSPS) is 14.9. The van der Waals surface area contributed by atoms with Gasteiger partial charge in [0.15, 0.2) is 0 Å². The van der Waals surface area contributed by atoms with Gasteiger partial charge in [0, 0.05) is 11.6 Å². The molecule has 1 aromatic rings. The summed E-state index contributed by atoms with van der Waals surface area (Å²) >= 11 is 6.51. The molecule has 1 heterocycles. The van der Waals surface area contributed by atoms with Gasteiger partial charge in [-0.3, -0.25) is 4.79 Å². The molecule has 1 unspecified atom stereocenters. The lowest BCUT2D eigenvalue weighted by atomic mass is 9.85. The standard InChI is InChI=1S/C12H19N3OS2/c1-5-12(4,8(13)17)9(16)15-11(2,3)10-14-6-7-18-10/h6-7H,5H2,1-4H3,(H2,13,17)(H,15,16). The number of hydrogen-bond acceptors (Lipinski definition) is 4. The molecule has 6 heteroatoms. The number of carbonyl (C=O) groups excluding carboxylic acids is 1. The van der Waals surface area contributed by atoms with Crippen LogP contribution in [-0.4, -0.2) is 15.9 Å². The van der Waals surface area contributed by atoms with Crippen LogP contribution in [-0.2, 0) is 10.3 Å². The first-order chi connectivity index (χ1) is 8.24. The number of nitrogens with zero attached hydrogens (tertiary/aromatic N) is 1. The van der Waals surface area contributed by atoms with E-state index in [1.807, 2.05) is 26.2 Å². The van der Waals surface area contributed by atoms with Crippen molar-refractivity contribution in [3.8, 4) is 0 Å². The summed E-state index contributed by atoms with van der Waals surface area (Å²) in [5, 5.41) is 5.72. The van der Waals surface area contributed by atoms with E-state index >= 15 is 0 Å². The van der Waals surface area contributed by atoms with Gasteiger partial charge in [0.05, 0.1) is 15.9 Å². The Labute approximate surface area is 117 Å². The third-order valence-corrected chi connectivity index (χ3v) is 4.69. The topological polar surface area (TPSA) is 68.0 Å². The number of carbonyl (C=O) groups is 1. The molecule has 0 aliphatic heterocycles. The Morgan fingerprint density at radius 3 is 2.56 bits per heavy atom. The number of hydrogen-bond donors (Lipinski definition) is 2. The first-order valence-corrected chi connectivity index (χ1v) is 7.05. The first kappa shape index (κ1) is 15.0. The van der Waals surface area contributed by atoms with Crippen molar-refractivity contribution in [1.29, 1.82) is 0 Å². The molecule has 0 radical (unpaired) electrons. The summed E-state index contributed by atoms with van der Waals surface area (Å²) < 4.78 is 0. The summed E-state index contributed by atoms with van der Waals surface area (Å²) in [5.74, 6) is -0.155. The Bertz CT molecular complexity index is 442. The van der Waals surface area contributed by atoms with E-state index in [0.717, 1.165) is 5.01 Å². The highest BCUT2D eigenvalue weighted by Crippen LogP contribution is 2.27. The van der Waals surface area contributed by atoms with Gasteiger partial charge in [0.2, 0.25) is 5.91 Å². The van der Waals surface area contributed by atoms with Gasteiger partial charge in [-0.15, -0.1) is 11.3 Å². The molecule has 0 fully saturated rings. The van der Waals surface area contributed by atoms with Gasteiger partial charge in [-0.2, -0.15) is 0 Å². The molecule has 0 saturated heterocycles. The van der Waals surface area contributed by atoms with Crippen molar-refractivity contribution in [2.45, 2.75) is 39.7 Å². The van der Waals surface area contributed by atoms with Crippen molar-refractivity contribution >= 4 is 34.5 Å². The predicted octanol–water partition coefficient (Wildman–Crippen LogP) is 2.20. The van der Waals surface area contributed by atoms with E-state index in [1.54, 1.807) is 13.1 Å². The van der Waals surface area contributed by atoms with Crippen LogP contribution in [0.3, 0.4) is 0 Å². The summed E-state index contributed by atoms with van der Waals surface area (Å²) in [5.41, 5.74) is 4.34. The summed E-state index contributed by atoms with van der Waals surface area (Å²) in [4.78, 5) is 16.8. The van der Waals surface area contributed by atoms with Crippen LogP contribution in [0.15, 0.2) is 11.6 Å². The van der Waals surface area contributed by atoms with Crippen molar-refractivity contribution in [2.24, 2.45) is 11.1 Å². The highest BCUT2D eigenvalue weighted by atomic mass is 32.1. The van der Waals surface area contributed by atoms with Crippen LogP contribution in [0.1, 0.15) is 39.1 Å². The molecule has 1 amide bonds. The average molecular weight is 285 g/mol. The Morgan fingerprint density at radius 1 is 1.56 bits per heavy atom. The third kappa shape index (κ3) is 2.87. The molecule has 18 heavy (non-hydrogen) atoms. The largest absolute Gasteiger partial charge is 0.392 e. The van der Waals surface area contributed by atoms with Gasteiger partial charge >= 0.3 is 0 Å². The fourth-order valence-corrected chi connectivity index (χ4v) is 2.41. The predicted molar refractivity (Wildman–Crippen MR) is 78.5 cm³/mol. The van der Waals surface area contributed by atoms with Gasteiger partial charge in [-0.1, -0.05) is 19.1 Å². The van der Waals surface area contributed by atoms with Crippen LogP contribution >= 0.6 is 23.6 Å². The van der Waals surface area contributed by atoms with E-state index in [2.05, 4.69) is 10.3 Å². The summed E-state index contributed by atoms with van der Waals surface area (Å²) in [7, 11) is 0. The average Bonchev–Trinajstić information content (AvgIpc) is 2.80. The van der Waals surface area contributed by atoms with Crippen molar-refractivity contribution in [1.82, 2.24) is 10.3 Å². The van der Waals surface area contributed by atoms with Crippen molar-refractivity contribution in [3.05, 3.63) is 16.6 Å². The Morgan fingerprint density at radius 2 is 2.17 bits per heavy atom. The van der Waals surface area contributed by atoms with Gasteiger partial charge in [0.25, 0.3) is 0 Å². The van der Waals surface area contributed by atoms with E-state index in [1.165, 1.54) is 11.3 Å². The minimum absolute atomic E-state index is 0.155. The number of amides is 1. The van der Waals surface area contributed by atoms with Crippen LogP contribution < -0.4 is 11.1 Å². The highest BCUT2D eigenvalue weighted by Gasteiger charge is 2.38. The van der Waals surface area contributed by atoms with Crippen LogP contribution in [0, 0.1) is 5.41 Å². The molecule has 4 nitrogen and oxygen atoms in total. The van der Waals surface area contributed by atoms with E-state index < -0.39 is 11.0 Å². The van der Waals surface area contributed by atoms with Crippen LogP contribution in [0.5, 0.6) is 0 Å². The van der Waals surface area contributed by atoms with E-state index in [-0.39, 0.29) is 10.9 Å². The molecule has 1 atom stereocenters. The zero-order valence-corrected chi connectivity index (χ0v) is 12.7.